The molecule has 1 amide bonds. The number of aromatic nitrogens is 1. The van der Waals surface area contributed by atoms with Crippen LogP contribution in [0.3, 0.4) is 0 Å². The molecule has 0 N–H and O–H groups in total. The largest absolute Gasteiger partial charge is 0.361 e. The number of amides is 1. The molecule has 5 heteroatoms. The first-order valence-corrected chi connectivity index (χ1v) is 8.03. The van der Waals surface area contributed by atoms with E-state index in [4.69, 9.17) is 9.62 Å². The second-order valence-electron chi connectivity index (χ2n) is 8.20. The van der Waals surface area contributed by atoms with E-state index in [1.807, 2.05) is 6.20 Å². The molecule has 1 saturated carbocycles. The summed E-state index contributed by atoms with van der Waals surface area (Å²) in [7, 11) is 1.77. The van der Waals surface area contributed by atoms with E-state index in [0.29, 0.717) is 5.92 Å². The zero-order valence-corrected chi connectivity index (χ0v) is 13.9. The molecule has 3 atom stereocenters. The molecule has 118 valence electrons. The van der Waals surface area contributed by atoms with Crippen LogP contribution in [0.1, 0.15) is 51.9 Å². The Kier molecular flexibility index (Phi) is 2.42. The van der Waals surface area contributed by atoms with Gasteiger partial charge in [-0.2, -0.15) is 5.10 Å². The summed E-state index contributed by atoms with van der Waals surface area (Å²) in [5, 5.41) is 10.3. The molecule has 0 saturated heterocycles. The van der Waals surface area contributed by atoms with Crippen molar-refractivity contribution in [3.8, 4) is 0 Å². The van der Waals surface area contributed by atoms with E-state index in [2.05, 4.69) is 32.9 Å². The highest BCUT2D eigenvalue weighted by Crippen LogP contribution is 2.60. The Morgan fingerprint density at radius 3 is 2.77 bits per heavy atom. The Bertz CT molecular complexity index is 705. The fraction of sp³-hybridized carbons (Fsp3) is 0.706. The van der Waals surface area contributed by atoms with Gasteiger partial charge < -0.3 is 4.52 Å². The van der Waals surface area contributed by atoms with E-state index in [1.54, 1.807) is 12.1 Å². The third kappa shape index (κ3) is 1.38. The minimum atomic E-state index is -0.440. The molecule has 0 radical (unpaired) electrons. The van der Waals surface area contributed by atoms with Gasteiger partial charge in [-0.15, -0.1) is 0 Å². The van der Waals surface area contributed by atoms with Gasteiger partial charge in [0.05, 0.1) is 17.3 Å². The smallest absolute Gasteiger partial charge is 0.254 e. The first-order valence-electron chi connectivity index (χ1n) is 8.03. The van der Waals surface area contributed by atoms with Gasteiger partial charge in [0.15, 0.2) is 0 Å². The van der Waals surface area contributed by atoms with E-state index >= 15 is 0 Å². The fourth-order valence-corrected chi connectivity index (χ4v) is 5.49. The number of carbonyl (C=O) groups excluding carboxylic acids is 1. The van der Waals surface area contributed by atoms with Crippen molar-refractivity contribution in [3.63, 3.8) is 0 Å². The van der Waals surface area contributed by atoms with Crippen LogP contribution >= 0.6 is 0 Å². The van der Waals surface area contributed by atoms with Crippen LogP contribution in [-0.4, -0.2) is 28.8 Å². The van der Waals surface area contributed by atoms with Gasteiger partial charge in [-0.1, -0.05) is 25.9 Å². The number of hydrazone groups is 1. The van der Waals surface area contributed by atoms with Crippen LogP contribution in [0.4, 0.5) is 0 Å². The number of carbonyl (C=O) groups is 1. The quantitative estimate of drug-likeness (QED) is 0.740. The standard InChI is InChI=1S/C17H23N3O2/c1-15(2)11-6-7-16(3)13(19-20(5)14(16)21)17(11,4)8-10-9-18-22-12(10)15/h9,11H,6-8H2,1-5H3/t11?,16?,17-/m0/s1. The highest BCUT2D eigenvalue weighted by Gasteiger charge is 2.63. The van der Waals surface area contributed by atoms with Crippen molar-refractivity contribution in [1.82, 2.24) is 10.2 Å². The third-order valence-corrected chi connectivity index (χ3v) is 6.44. The number of nitrogens with zero attached hydrogens (tertiary/aromatic N) is 3. The van der Waals surface area contributed by atoms with Crippen LogP contribution in [0.5, 0.6) is 0 Å². The Labute approximate surface area is 130 Å². The van der Waals surface area contributed by atoms with Gasteiger partial charge in [0.25, 0.3) is 5.91 Å². The predicted molar refractivity (Wildman–Crippen MR) is 82.4 cm³/mol. The second-order valence-corrected chi connectivity index (χ2v) is 8.20. The molecule has 2 unspecified atom stereocenters. The van der Waals surface area contributed by atoms with E-state index in [-0.39, 0.29) is 16.7 Å². The van der Waals surface area contributed by atoms with Crippen LogP contribution in [0.2, 0.25) is 0 Å². The summed E-state index contributed by atoms with van der Waals surface area (Å²) in [5.74, 6) is 1.56. The molecule has 1 fully saturated rings. The minimum absolute atomic E-state index is 0.0904. The van der Waals surface area contributed by atoms with Crippen molar-refractivity contribution in [2.45, 2.75) is 52.4 Å². The number of hydrogen-bond donors (Lipinski definition) is 0. The first kappa shape index (κ1) is 14.0. The van der Waals surface area contributed by atoms with Crippen LogP contribution < -0.4 is 0 Å². The molecule has 0 spiro atoms. The molecular weight excluding hydrogens is 278 g/mol. The third-order valence-electron chi connectivity index (χ3n) is 6.44. The summed E-state index contributed by atoms with van der Waals surface area (Å²) in [6.45, 7) is 8.82. The monoisotopic (exact) mass is 301 g/mol. The highest BCUT2D eigenvalue weighted by atomic mass is 16.5. The molecular formula is C17H23N3O2. The average molecular weight is 301 g/mol. The lowest BCUT2D eigenvalue weighted by Crippen LogP contribution is -2.58. The first-order chi connectivity index (χ1) is 10.2. The molecule has 1 aromatic rings. The molecule has 2 heterocycles. The van der Waals surface area contributed by atoms with Gasteiger partial charge in [0, 0.05) is 23.4 Å². The lowest BCUT2D eigenvalue weighted by Gasteiger charge is -2.54. The SMILES string of the molecule is CN1N=C2C(C)(CCC3C(C)(C)c4oncc4C[C@]23C)C1=O. The molecule has 4 rings (SSSR count). The molecule has 2 aliphatic carbocycles. The summed E-state index contributed by atoms with van der Waals surface area (Å²) in [6.07, 6.45) is 4.57. The molecule has 1 aliphatic heterocycles. The molecule has 0 bridgehead atoms. The molecule has 5 nitrogen and oxygen atoms in total. The van der Waals surface area contributed by atoms with Crippen molar-refractivity contribution in [3.05, 3.63) is 17.5 Å². The number of fused-ring (bicyclic) bond motifs is 4. The Hall–Kier alpha value is -1.65. The average Bonchev–Trinajstić information content (AvgIpc) is 2.98. The van der Waals surface area contributed by atoms with E-state index < -0.39 is 5.41 Å². The lowest BCUT2D eigenvalue weighted by molar-refractivity contribution is -0.135. The van der Waals surface area contributed by atoms with Crippen LogP contribution in [-0.2, 0) is 16.6 Å². The number of rotatable bonds is 0. The van der Waals surface area contributed by atoms with E-state index in [0.717, 1.165) is 36.3 Å². The zero-order chi connectivity index (χ0) is 15.9. The van der Waals surface area contributed by atoms with Crippen LogP contribution in [0.15, 0.2) is 15.8 Å². The lowest BCUT2D eigenvalue weighted by atomic mass is 9.47. The van der Waals surface area contributed by atoms with Gasteiger partial charge in [0.2, 0.25) is 0 Å². The van der Waals surface area contributed by atoms with Gasteiger partial charge in [-0.3, -0.25) is 4.79 Å². The fourth-order valence-electron chi connectivity index (χ4n) is 5.49. The summed E-state index contributed by atoms with van der Waals surface area (Å²) in [4.78, 5) is 12.6. The summed E-state index contributed by atoms with van der Waals surface area (Å²) >= 11 is 0. The predicted octanol–water partition coefficient (Wildman–Crippen LogP) is 2.76. The Balaban J connectivity index is 1.91. The molecule has 22 heavy (non-hydrogen) atoms. The Morgan fingerprint density at radius 1 is 1.32 bits per heavy atom. The van der Waals surface area contributed by atoms with Crippen molar-refractivity contribution in [2.24, 2.45) is 21.8 Å². The van der Waals surface area contributed by atoms with Gasteiger partial charge in [-0.25, -0.2) is 5.01 Å². The molecule has 1 aromatic heterocycles. The highest BCUT2D eigenvalue weighted by molar-refractivity contribution is 6.14. The number of hydrogen-bond acceptors (Lipinski definition) is 4. The summed E-state index contributed by atoms with van der Waals surface area (Å²) < 4.78 is 5.58. The minimum Gasteiger partial charge on any atom is -0.361 e. The molecule has 0 aromatic carbocycles. The van der Waals surface area contributed by atoms with Crippen molar-refractivity contribution >= 4 is 11.6 Å². The Morgan fingerprint density at radius 2 is 2.05 bits per heavy atom. The van der Waals surface area contributed by atoms with Crippen molar-refractivity contribution in [1.29, 1.82) is 0 Å². The summed E-state index contributed by atoms with van der Waals surface area (Å²) in [6, 6.07) is 0. The van der Waals surface area contributed by atoms with Crippen molar-refractivity contribution in [2.75, 3.05) is 7.05 Å². The van der Waals surface area contributed by atoms with Crippen molar-refractivity contribution < 1.29 is 9.32 Å². The molecule has 3 aliphatic rings. The van der Waals surface area contributed by atoms with Crippen LogP contribution in [0, 0.1) is 16.7 Å². The normalized spacial score (nSPS) is 39.1. The summed E-state index contributed by atoms with van der Waals surface area (Å²) in [5.41, 5.74) is 1.58. The maximum atomic E-state index is 12.6. The van der Waals surface area contributed by atoms with E-state index in [1.165, 1.54) is 0 Å². The van der Waals surface area contributed by atoms with Gasteiger partial charge >= 0.3 is 0 Å². The zero-order valence-electron chi connectivity index (χ0n) is 13.9. The van der Waals surface area contributed by atoms with Crippen LogP contribution in [0.25, 0.3) is 0 Å². The topological polar surface area (TPSA) is 58.7 Å². The van der Waals surface area contributed by atoms with Gasteiger partial charge in [0.1, 0.15) is 5.76 Å². The van der Waals surface area contributed by atoms with Gasteiger partial charge in [-0.05, 0) is 32.1 Å². The van der Waals surface area contributed by atoms with E-state index in [9.17, 15) is 4.79 Å². The second kappa shape index (κ2) is 3.81. The maximum Gasteiger partial charge on any atom is 0.254 e. The maximum absolute atomic E-state index is 12.6.